The van der Waals surface area contributed by atoms with Gasteiger partial charge in [0.25, 0.3) is 0 Å². The molecule has 0 aliphatic carbocycles. The number of hydrogen-bond acceptors (Lipinski definition) is 2. The number of halogens is 1. The van der Waals surface area contributed by atoms with Gasteiger partial charge in [0.15, 0.2) is 0 Å². The van der Waals surface area contributed by atoms with Crippen LogP contribution in [0.3, 0.4) is 0 Å². The number of hydrogen-bond donors (Lipinski definition) is 1. The van der Waals surface area contributed by atoms with Crippen LogP contribution in [0.4, 0.5) is 11.5 Å². The van der Waals surface area contributed by atoms with Crippen molar-refractivity contribution in [2.24, 2.45) is 0 Å². The molecule has 0 aliphatic heterocycles. The lowest BCUT2D eigenvalue weighted by Crippen LogP contribution is -1.98. The van der Waals surface area contributed by atoms with E-state index in [1.807, 2.05) is 6.07 Å². The second kappa shape index (κ2) is 6.73. The Labute approximate surface area is 162 Å². The second-order valence-electron chi connectivity index (χ2n) is 6.99. The van der Waals surface area contributed by atoms with E-state index >= 15 is 0 Å². The van der Waals surface area contributed by atoms with Crippen LogP contribution in [-0.2, 0) is 0 Å². The van der Waals surface area contributed by atoms with Gasteiger partial charge in [0.2, 0.25) is 0 Å². The van der Waals surface area contributed by atoms with Crippen LogP contribution in [0.5, 0.6) is 0 Å². The summed E-state index contributed by atoms with van der Waals surface area (Å²) in [5, 5.41) is 7.14. The standard InChI is InChI=1S/C23H21BrN2/c1-14(2)16-11-12-21(19(24)13-16)26-23-18-9-6-7-15(3)22(18)17-8-4-5-10-20(17)25-23/h4-14H,1-3H3,(H,25,26). The molecule has 0 spiro atoms. The second-order valence-corrected chi connectivity index (χ2v) is 7.85. The summed E-state index contributed by atoms with van der Waals surface area (Å²) in [4.78, 5) is 4.91. The Morgan fingerprint density at radius 2 is 1.69 bits per heavy atom. The van der Waals surface area contributed by atoms with Crippen LogP contribution < -0.4 is 5.32 Å². The van der Waals surface area contributed by atoms with Crippen molar-refractivity contribution < 1.29 is 0 Å². The molecule has 0 unspecified atom stereocenters. The predicted octanol–water partition coefficient (Wildman–Crippen LogP) is 7.33. The predicted molar refractivity (Wildman–Crippen MR) is 115 cm³/mol. The topological polar surface area (TPSA) is 24.9 Å². The van der Waals surface area contributed by atoms with Gasteiger partial charge >= 0.3 is 0 Å². The van der Waals surface area contributed by atoms with Crippen molar-refractivity contribution in [3.8, 4) is 0 Å². The van der Waals surface area contributed by atoms with Crippen molar-refractivity contribution in [3.63, 3.8) is 0 Å². The molecule has 1 aromatic heterocycles. The Kier molecular flexibility index (Phi) is 4.41. The summed E-state index contributed by atoms with van der Waals surface area (Å²) in [6, 6.07) is 21.2. The number of nitrogens with zero attached hydrogens (tertiary/aromatic N) is 1. The maximum atomic E-state index is 4.91. The monoisotopic (exact) mass is 404 g/mol. The number of aryl methyl sites for hydroxylation is 1. The molecule has 0 radical (unpaired) electrons. The van der Waals surface area contributed by atoms with E-state index in [4.69, 9.17) is 4.98 Å². The minimum absolute atomic E-state index is 0.502. The maximum absolute atomic E-state index is 4.91. The Balaban J connectivity index is 1.90. The van der Waals surface area contributed by atoms with E-state index in [0.29, 0.717) is 5.92 Å². The normalized spacial score (nSPS) is 11.4. The number of anilines is 2. The lowest BCUT2D eigenvalue weighted by molar-refractivity contribution is 0.866. The highest BCUT2D eigenvalue weighted by Crippen LogP contribution is 2.35. The summed E-state index contributed by atoms with van der Waals surface area (Å²) >= 11 is 3.71. The SMILES string of the molecule is Cc1cccc2c(Nc3ccc(C(C)C)cc3Br)nc3ccccc3c12. The molecule has 2 nitrogen and oxygen atoms in total. The summed E-state index contributed by atoms with van der Waals surface area (Å²) in [6.07, 6.45) is 0. The number of nitrogens with one attached hydrogen (secondary N) is 1. The van der Waals surface area contributed by atoms with Crippen LogP contribution in [-0.4, -0.2) is 4.98 Å². The van der Waals surface area contributed by atoms with Crippen LogP contribution in [0.1, 0.15) is 30.9 Å². The molecule has 3 heteroatoms. The van der Waals surface area contributed by atoms with Crippen LogP contribution in [0, 0.1) is 6.92 Å². The quantitative estimate of drug-likeness (QED) is 0.361. The van der Waals surface area contributed by atoms with E-state index in [1.54, 1.807) is 0 Å². The summed E-state index contributed by atoms with van der Waals surface area (Å²) in [5.74, 6) is 1.39. The van der Waals surface area contributed by atoms with E-state index in [9.17, 15) is 0 Å². The van der Waals surface area contributed by atoms with Crippen molar-refractivity contribution in [2.45, 2.75) is 26.7 Å². The van der Waals surface area contributed by atoms with Crippen LogP contribution in [0.25, 0.3) is 21.7 Å². The first-order chi connectivity index (χ1) is 12.5. The van der Waals surface area contributed by atoms with Gasteiger partial charge in [0.05, 0.1) is 11.2 Å². The van der Waals surface area contributed by atoms with E-state index in [0.717, 1.165) is 26.9 Å². The van der Waals surface area contributed by atoms with Crippen molar-refractivity contribution >= 4 is 49.1 Å². The molecule has 0 saturated carbocycles. The molecule has 0 saturated heterocycles. The molecule has 0 amide bonds. The molecule has 4 rings (SSSR count). The van der Waals surface area contributed by atoms with Gasteiger partial charge in [-0.05, 0) is 63.5 Å². The fourth-order valence-electron chi connectivity index (χ4n) is 3.40. The largest absolute Gasteiger partial charge is 0.339 e. The van der Waals surface area contributed by atoms with E-state index in [1.165, 1.54) is 21.9 Å². The number of rotatable bonds is 3. The molecule has 0 aliphatic rings. The molecule has 130 valence electrons. The highest BCUT2D eigenvalue weighted by atomic mass is 79.9. The number of benzene rings is 3. The fourth-order valence-corrected chi connectivity index (χ4v) is 3.90. The summed E-state index contributed by atoms with van der Waals surface area (Å²) in [6.45, 7) is 6.57. The minimum atomic E-state index is 0.502. The molecule has 3 aromatic carbocycles. The average Bonchev–Trinajstić information content (AvgIpc) is 2.63. The summed E-state index contributed by atoms with van der Waals surface area (Å²) in [5.41, 5.74) is 4.61. The Morgan fingerprint density at radius 1 is 0.923 bits per heavy atom. The zero-order chi connectivity index (χ0) is 18.3. The van der Waals surface area contributed by atoms with Gasteiger partial charge in [-0.1, -0.05) is 56.3 Å². The van der Waals surface area contributed by atoms with Gasteiger partial charge in [-0.2, -0.15) is 0 Å². The van der Waals surface area contributed by atoms with Crippen LogP contribution in [0.15, 0.2) is 65.1 Å². The number of fused-ring (bicyclic) bond motifs is 3. The molecule has 26 heavy (non-hydrogen) atoms. The lowest BCUT2D eigenvalue weighted by Gasteiger charge is -2.15. The number of para-hydroxylation sites is 1. The van der Waals surface area contributed by atoms with Crippen molar-refractivity contribution in [3.05, 3.63) is 76.3 Å². The van der Waals surface area contributed by atoms with Gasteiger partial charge in [0.1, 0.15) is 5.82 Å². The van der Waals surface area contributed by atoms with E-state index in [-0.39, 0.29) is 0 Å². The third-order valence-electron chi connectivity index (χ3n) is 4.85. The van der Waals surface area contributed by atoms with Crippen LogP contribution >= 0.6 is 15.9 Å². The maximum Gasteiger partial charge on any atom is 0.139 e. The number of pyridine rings is 1. The fraction of sp³-hybridized carbons (Fsp3) is 0.174. The molecule has 0 bridgehead atoms. The Hall–Kier alpha value is -2.39. The zero-order valence-corrected chi connectivity index (χ0v) is 16.8. The molecule has 1 heterocycles. The number of aromatic nitrogens is 1. The van der Waals surface area contributed by atoms with E-state index < -0.39 is 0 Å². The highest BCUT2D eigenvalue weighted by Gasteiger charge is 2.12. The lowest BCUT2D eigenvalue weighted by atomic mass is 10.0. The van der Waals surface area contributed by atoms with Crippen molar-refractivity contribution in [1.29, 1.82) is 0 Å². The first-order valence-corrected chi connectivity index (χ1v) is 9.68. The Morgan fingerprint density at radius 3 is 2.46 bits per heavy atom. The smallest absolute Gasteiger partial charge is 0.139 e. The highest BCUT2D eigenvalue weighted by molar-refractivity contribution is 9.10. The summed E-state index contributed by atoms with van der Waals surface area (Å²) in [7, 11) is 0. The van der Waals surface area contributed by atoms with Crippen molar-refractivity contribution in [1.82, 2.24) is 4.98 Å². The van der Waals surface area contributed by atoms with Gasteiger partial charge in [-0.3, -0.25) is 0 Å². The molecule has 1 N–H and O–H groups in total. The molecule has 0 atom stereocenters. The van der Waals surface area contributed by atoms with Gasteiger partial charge in [-0.25, -0.2) is 4.98 Å². The van der Waals surface area contributed by atoms with Gasteiger partial charge in [0, 0.05) is 15.2 Å². The van der Waals surface area contributed by atoms with Crippen molar-refractivity contribution in [2.75, 3.05) is 5.32 Å². The molecular weight excluding hydrogens is 384 g/mol. The molecule has 0 fully saturated rings. The average molecular weight is 405 g/mol. The zero-order valence-electron chi connectivity index (χ0n) is 15.2. The van der Waals surface area contributed by atoms with Gasteiger partial charge < -0.3 is 5.32 Å². The Bertz CT molecular complexity index is 1120. The summed E-state index contributed by atoms with van der Waals surface area (Å²) < 4.78 is 1.06. The molecular formula is C23H21BrN2. The molecule has 4 aromatic rings. The first kappa shape index (κ1) is 17.0. The third-order valence-corrected chi connectivity index (χ3v) is 5.50. The van der Waals surface area contributed by atoms with Gasteiger partial charge in [-0.15, -0.1) is 0 Å². The van der Waals surface area contributed by atoms with Crippen LogP contribution in [0.2, 0.25) is 0 Å². The first-order valence-electron chi connectivity index (χ1n) is 8.89. The van der Waals surface area contributed by atoms with E-state index in [2.05, 4.69) is 96.6 Å². The third kappa shape index (κ3) is 2.97. The minimum Gasteiger partial charge on any atom is -0.339 e.